The summed E-state index contributed by atoms with van der Waals surface area (Å²) in [6.45, 7) is 0. The molecule has 3 rings (SSSR count). The van der Waals surface area contributed by atoms with Crippen molar-refractivity contribution in [1.82, 2.24) is 0 Å². The van der Waals surface area contributed by atoms with E-state index in [1.54, 1.807) is 6.07 Å². The molecule has 1 unspecified atom stereocenters. The lowest BCUT2D eigenvalue weighted by Gasteiger charge is -2.07. The van der Waals surface area contributed by atoms with E-state index < -0.39 is 11.7 Å². The molecule has 1 heterocycles. The Balaban J connectivity index is 1.93. The monoisotopic (exact) mass is 285 g/mol. The van der Waals surface area contributed by atoms with Crippen molar-refractivity contribution in [2.45, 2.75) is 25.2 Å². The van der Waals surface area contributed by atoms with Gasteiger partial charge in [0.15, 0.2) is 5.78 Å². The number of Topliss-reactive ketones (excluding diaryl/α,β-unsaturated/α-hetero) is 1. The van der Waals surface area contributed by atoms with Gasteiger partial charge in [-0.15, -0.1) is 11.3 Å². The molecule has 20 heavy (non-hydrogen) atoms. The standard InChI is InChI=1S/C16H12FNOS/c17-12-5-1-3-10(7-12)13(9-18)16(19)15-8-11-4-2-6-14(11)20-15/h1,3,5,7-8,13H,2,4,6H2. The van der Waals surface area contributed by atoms with Crippen molar-refractivity contribution in [3.63, 3.8) is 0 Å². The van der Waals surface area contributed by atoms with Crippen molar-refractivity contribution >= 4 is 17.1 Å². The fraction of sp³-hybridized carbons (Fsp3) is 0.250. The van der Waals surface area contributed by atoms with E-state index in [2.05, 4.69) is 0 Å². The molecule has 1 aromatic carbocycles. The third kappa shape index (κ3) is 2.25. The summed E-state index contributed by atoms with van der Waals surface area (Å²) in [7, 11) is 0. The van der Waals surface area contributed by atoms with Gasteiger partial charge >= 0.3 is 0 Å². The maximum atomic E-state index is 13.2. The van der Waals surface area contributed by atoms with Gasteiger partial charge in [0, 0.05) is 4.88 Å². The van der Waals surface area contributed by atoms with Crippen molar-refractivity contribution in [2.75, 3.05) is 0 Å². The summed E-state index contributed by atoms with van der Waals surface area (Å²) in [4.78, 5) is 14.3. The van der Waals surface area contributed by atoms with Gasteiger partial charge in [0.05, 0.1) is 10.9 Å². The second-order valence-corrected chi connectivity index (χ2v) is 6.03. The number of carbonyl (C=O) groups excluding carboxylic acids is 1. The van der Waals surface area contributed by atoms with Gasteiger partial charge in [-0.25, -0.2) is 4.39 Å². The number of aryl methyl sites for hydroxylation is 2. The first-order valence-corrected chi connectivity index (χ1v) is 7.31. The molecule has 1 atom stereocenters. The van der Waals surface area contributed by atoms with Crippen LogP contribution in [0.3, 0.4) is 0 Å². The predicted octanol–water partition coefficient (Wildman–Crippen LogP) is 3.87. The van der Waals surface area contributed by atoms with Crippen LogP contribution in [0.5, 0.6) is 0 Å². The minimum absolute atomic E-state index is 0.225. The zero-order chi connectivity index (χ0) is 14.1. The molecule has 0 saturated heterocycles. The highest BCUT2D eigenvalue weighted by Gasteiger charge is 2.26. The SMILES string of the molecule is N#CC(C(=O)c1cc2c(s1)CCC2)c1cccc(F)c1. The molecular formula is C16H12FNOS. The number of rotatable bonds is 3. The predicted molar refractivity (Wildman–Crippen MR) is 75.4 cm³/mol. The van der Waals surface area contributed by atoms with E-state index in [-0.39, 0.29) is 5.78 Å². The summed E-state index contributed by atoms with van der Waals surface area (Å²) in [5.74, 6) is -1.58. The average molecular weight is 285 g/mol. The number of nitriles is 1. The first-order valence-electron chi connectivity index (χ1n) is 6.50. The summed E-state index contributed by atoms with van der Waals surface area (Å²) in [6, 6.07) is 9.61. The second kappa shape index (κ2) is 5.18. The molecule has 1 aliphatic carbocycles. The van der Waals surface area contributed by atoms with Crippen LogP contribution in [-0.2, 0) is 12.8 Å². The van der Waals surface area contributed by atoms with Crippen LogP contribution >= 0.6 is 11.3 Å². The van der Waals surface area contributed by atoms with Crippen molar-refractivity contribution in [3.8, 4) is 6.07 Å². The minimum atomic E-state index is -0.926. The maximum Gasteiger partial charge on any atom is 0.194 e. The van der Waals surface area contributed by atoms with Crippen LogP contribution in [0.2, 0.25) is 0 Å². The number of halogens is 1. The van der Waals surface area contributed by atoms with Crippen molar-refractivity contribution in [2.24, 2.45) is 0 Å². The lowest BCUT2D eigenvalue weighted by Crippen LogP contribution is -2.10. The second-order valence-electron chi connectivity index (χ2n) is 4.89. The molecular weight excluding hydrogens is 273 g/mol. The molecule has 0 bridgehead atoms. The number of ketones is 1. The van der Waals surface area contributed by atoms with E-state index in [1.165, 1.54) is 40.0 Å². The number of hydrogen-bond acceptors (Lipinski definition) is 3. The van der Waals surface area contributed by atoms with Gasteiger partial charge in [-0.1, -0.05) is 12.1 Å². The smallest absolute Gasteiger partial charge is 0.194 e. The maximum absolute atomic E-state index is 13.2. The van der Waals surface area contributed by atoms with E-state index in [1.807, 2.05) is 12.1 Å². The number of benzene rings is 1. The molecule has 2 aromatic rings. The largest absolute Gasteiger partial charge is 0.291 e. The third-order valence-electron chi connectivity index (χ3n) is 3.56. The van der Waals surface area contributed by atoms with E-state index in [4.69, 9.17) is 0 Å². The van der Waals surface area contributed by atoms with Crippen molar-refractivity contribution in [1.29, 1.82) is 5.26 Å². The fourth-order valence-corrected chi connectivity index (χ4v) is 3.79. The highest BCUT2D eigenvalue weighted by Crippen LogP contribution is 2.33. The first-order chi connectivity index (χ1) is 9.69. The highest BCUT2D eigenvalue weighted by molar-refractivity contribution is 7.14. The molecule has 0 saturated carbocycles. The topological polar surface area (TPSA) is 40.9 Å². The molecule has 0 amide bonds. The Morgan fingerprint density at radius 3 is 2.90 bits per heavy atom. The summed E-state index contributed by atoms with van der Waals surface area (Å²) in [5.41, 5.74) is 1.65. The Hall–Kier alpha value is -1.99. The van der Waals surface area contributed by atoms with E-state index >= 15 is 0 Å². The summed E-state index contributed by atoms with van der Waals surface area (Å²) in [6.07, 6.45) is 3.17. The number of thiophene rings is 1. The molecule has 1 aliphatic rings. The zero-order valence-electron chi connectivity index (χ0n) is 10.7. The highest BCUT2D eigenvalue weighted by atomic mass is 32.1. The molecule has 0 aliphatic heterocycles. The number of hydrogen-bond donors (Lipinski definition) is 0. The van der Waals surface area contributed by atoms with Crippen LogP contribution < -0.4 is 0 Å². The molecule has 0 fully saturated rings. The molecule has 100 valence electrons. The lowest BCUT2D eigenvalue weighted by atomic mass is 9.95. The van der Waals surface area contributed by atoms with Crippen LogP contribution in [0.1, 0.15) is 38.0 Å². The van der Waals surface area contributed by atoms with Crippen LogP contribution in [0, 0.1) is 17.1 Å². The van der Waals surface area contributed by atoms with Gasteiger partial charge in [-0.05, 0) is 48.6 Å². The fourth-order valence-electron chi connectivity index (χ4n) is 2.56. The molecule has 1 aromatic heterocycles. The van der Waals surface area contributed by atoms with Gasteiger partial charge in [0.25, 0.3) is 0 Å². The van der Waals surface area contributed by atoms with Gasteiger partial charge in [0.2, 0.25) is 0 Å². The number of carbonyl (C=O) groups is 1. The first kappa shape index (κ1) is 13.0. The Labute approximate surface area is 120 Å². The van der Waals surface area contributed by atoms with Crippen LogP contribution in [0.25, 0.3) is 0 Å². The van der Waals surface area contributed by atoms with Gasteiger partial charge in [0.1, 0.15) is 11.7 Å². The van der Waals surface area contributed by atoms with Crippen LogP contribution in [-0.4, -0.2) is 5.78 Å². The van der Waals surface area contributed by atoms with Gasteiger partial charge in [-0.3, -0.25) is 4.79 Å². The van der Waals surface area contributed by atoms with Crippen molar-refractivity contribution in [3.05, 3.63) is 57.0 Å². The summed E-state index contributed by atoms with van der Waals surface area (Å²) < 4.78 is 13.2. The Morgan fingerprint density at radius 2 is 2.20 bits per heavy atom. The quantitative estimate of drug-likeness (QED) is 0.803. The average Bonchev–Trinajstić information content (AvgIpc) is 3.00. The van der Waals surface area contributed by atoms with E-state index in [9.17, 15) is 14.4 Å². The molecule has 2 nitrogen and oxygen atoms in total. The third-order valence-corrected chi connectivity index (χ3v) is 4.81. The number of fused-ring (bicyclic) bond motifs is 1. The minimum Gasteiger partial charge on any atom is -0.291 e. The van der Waals surface area contributed by atoms with Gasteiger partial charge in [-0.2, -0.15) is 5.26 Å². The molecule has 4 heteroatoms. The summed E-state index contributed by atoms with van der Waals surface area (Å²) >= 11 is 1.48. The van der Waals surface area contributed by atoms with Crippen LogP contribution in [0.4, 0.5) is 4.39 Å². The molecule has 0 N–H and O–H groups in total. The molecule has 0 radical (unpaired) electrons. The van der Waals surface area contributed by atoms with Crippen LogP contribution in [0.15, 0.2) is 30.3 Å². The Morgan fingerprint density at radius 1 is 1.35 bits per heavy atom. The Bertz CT molecular complexity index is 692. The zero-order valence-corrected chi connectivity index (χ0v) is 11.5. The Kier molecular flexibility index (Phi) is 3.37. The van der Waals surface area contributed by atoms with Gasteiger partial charge < -0.3 is 0 Å². The van der Waals surface area contributed by atoms with E-state index in [0.717, 1.165) is 19.3 Å². The number of nitrogens with zero attached hydrogens (tertiary/aromatic N) is 1. The lowest BCUT2D eigenvalue weighted by molar-refractivity contribution is 0.0982. The normalized spacial score (nSPS) is 14.6. The van der Waals surface area contributed by atoms with Crippen molar-refractivity contribution < 1.29 is 9.18 Å². The van der Waals surface area contributed by atoms with E-state index in [0.29, 0.717) is 10.4 Å². The summed E-state index contributed by atoms with van der Waals surface area (Å²) in [5, 5.41) is 9.26. The molecule has 0 spiro atoms.